The Morgan fingerprint density at radius 3 is 2.74 bits per heavy atom. The fourth-order valence-electron chi connectivity index (χ4n) is 3.94. The van der Waals surface area contributed by atoms with E-state index in [0.29, 0.717) is 6.04 Å². The fourth-order valence-corrected chi connectivity index (χ4v) is 3.94. The van der Waals surface area contributed by atoms with Crippen molar-refractivity contribution in [1.29, 1.82) is 0 Å². The number of nitrogens with zero attached hydrogens (tertiary/aromatic N) is 1. The molecule has 3 atom stereocenters. The molecule has 19 heavy (non-hydrogen) atoms. The van der Waals surface area contributed by atoms with E-state index in [2.05, 4.69) is 35.2 Å². The second kappa shape index (κ2) is 6.06. The molecular weight excluding hydrogens is 232 g/mol. The predicted octanol–water partition coefficient (Wildman–Crippen LogP) is 3.03. The Labute approximate surface area is 117 Å². The van der Waals surface area contributed by atoms with E-state index in [1.54, 1.807) is 0 Å². The van der Waals surface area contributed by atoms with E-state index in [1.807, 2.05) is 0 Å². The second-order valence-electron chi connectivity index (χ2n) is 6.46. The molecule has 1 aromatic rings. The molecule has 1 aliphatic heterocycles. The van der Waals surface area contributed by atoms with Gasteiger partial charge in [-0.25, -0.2) is 0 Å². The molecule has 0 radical (unpaired) electrons. The molecule has 104 valence electrons. The number of fused-ring (bicyclic) bond motifs is 1. The van der Waals surface area contributed by atoms with Crippen LogP contribution in [0.1, 0.15) is 37.7 Å². The SMILES string of the molecule is NC1CCC2CN(Cc3ccccc3)CCCC2C1. The van der Waals surface area contributed by atoms with Crippen molar-refractivity contribution >= 4 is 0 Å². The summed E-state index contributed by atoms with van der Waals surface area (Å²) < 4.78 is 0. The molecule has 2 heteroatoms. The number of rotatable bonds is 2. The predicted molar refractivity (Wildman–Crippen MR) is 79.8 cm³/mol. The first kappa shape index (κ1) is 13.1. The van der Waals surface area contributed by atoms with Crippen molar-refractivity contribution < 1.29 is 0 Å². The van der Waals surface area contributed by atoms with Crippen molar-refractivity contribution in [3.05, 3.63) is 35.9 Å². The molecule has 3 rings (SSSR count). The minimum Gasteiger partial charge on any atom is -0.328 e. The summed E-state index contributed by atoms with van der Waals surface area (Å²) in [7, 11) is 0. The van der Waals surface area contributed by atoms with Crippen molar-refractivity contribution in [3.63, 3.8) is 0 Å². The van der Waals surface area contributed by atoms with E-state index in [0.717, 1.165) is 18.4 Å². The van der Waals surface area contributed by atoms with Crippen LogP contribution in [-0.4, -0.2) is 24.0 Å². The Hall–Kier alpha value is -0.860. The van der Waals surface area contributed by atoms with Crippen LogP contribution in [0.4, 0.5) is 0 Å². The highest BCUT2D eigenvalue weighted by Crippen LogP contribution is 2.35. The van der Waals surface area contributed by atoms with Crippen LogP contribution >= 0.6 is 0 Å². The Bertz CT molecular complexity index is 390. The fraction of sp³-hybridized carbons (Fsp3) is 0.647. The monoisotopic (exact) mass is 258 g/mol. The van der Waals surface area contributed by atoms with Crippen LogP contribution in [0.15, 0.2) is 30.3 Å². The zero-order valence-corrected chi connectivity index (χ0v) is 11.8. The van der Waals surface area contributed by atoms with Gasteiger partial charge in [-0.15, -0.1) is 0 Å². The lowest BCUT2D eigenvalue weighted by Gasteiger charge is -2.35. The minimum atomic E-state index is 0.474. The van der Waals surface area contributed by atoms with E-state index in [4.69, 9.17) is 5.73 Å². The molecule has 0 aromatic heterocycles. The van der Waals surface area contributed by atoms with Crippen LogP contribution in [-0.2, 0) is 6.54 Å². The maximum atomic E-state index is 6.14. The summed E-state index contributed by atoms with van der Waals surface area (Å²) in [6, 6.07) is 11.4. The molecule has 1 aliphatic carbocycles. The zero-order chi connectivity index (χ0) is 13.1. The van der Waals surface area contributed by atoms with Gasteiger partial charge in [-0.3, -0.25) is 4.90 Å². The lowest BCUT2D eigenvalue weighted by molar-refractivity contribution is 0.166. The Morgan fingerprint density at radius 2 is 1.89 bits per heavy atom. The summed E-state index contributed by atoms with van der Waals surface area (Å²) in [5, 5.41) is 0. The minimum absolute atomic E-state index is 0.474. The zero-order valence-electron chi connectivity index (χ0n) is 11.8. The molecule has 1 saturated carbocycles. The molecule has 0 amide bonds. The summed E-state index contributed by atoms with van der Waals surface area (Å²) >= 11 is 0. The van der Waals surface area contributed by atoms with Gasteiger partial charge in [0.05, 0.1) is 0 Å². The molecular formula is C17H26N2. The molecule has 0 spiro atoms. The van der Waals surface area contributed by atoms with Crippen molar-refractivity contribution in [2.75, 3.05) is 13.1 Å². The van der Waals surface area contributed by atoms with Gasteiger partial charge in [0, 0.05) is 19.1 Å². The van der Waals surface area contributed by atoms with Gasteiger partial charge in [0.15, 0.2) is 0 Å². The molecule has 2 fully saturated rings. The van der Waals surface area contributed by atoms with Crippen molar-refractivity contribution in [2.45, 2.75) is 44.7 Å². The van der Waals surface area contributed by atoms with Gasteiger partial charge in [-0.2, -0.15) is 0 Å². The number of hydrogen-bond donors (Lipinski definition) is 1. The molecule has 3 unspecified atom stereocenters. The highest BCUT2D eigenvalue weighted by atomic mass is 15.1. The molecule has 2 N–H and O–H groups in total. The summed E-state index contributed by atoms with van der Waals surface area (Å²) in [6.45, 7) is 3.67. The van der Waals surface area contributed by atoms with Gasteiger partial charge in [-0.1, -0.05) is 30.3 Å². The van der Waals surface area contributed by atoms with Crippen LogP contribution in [0.5, 0.6) is 0 Å². The van der Waals surface area contributed by atoms with Crippen molar-refractivity contribution in [3.8, 4) is 0 Å². The van der Waals surface area contributed by atoms with E-state index in [1.165, 1.54) is 50.8 Å². The van der Waals surface area contributed by atoms with Crippen LogP contribution in [0, 0.1) is 11.8 Å². The van der Waals surface area contributed by atoms with Crippen LogP contribution in [0.25, 0.3) is 0 Å². The molecule has 2 aliphatic rings. The first-order valence-corrected chi connectivity index (χ1v) is 7.83. The third kappa shape index (κ3) is 3.37. The maximum Gasteiger partial charge on any atom is 0.0233 e. The summed E-state index contributed by atoms with van der Waals surface area (Å²) in [5.74, 6) is 1.79. The average Bonchev–Trinajstić information content (AvgIpc) is 2.61. The number of nitrogens with two attached hydrogens (primary N) is 1. The lowest BCUT2D eigenvalue weighted by atomic mass is 9.75. The lowest BCUT2D eigenvalue weighted by Crippen LogP contribution is -2.37. The van der Waals surface area contributed by atoms with Crippen LogP contribution in [0.2, 0.25) is 0 Å². The van der Waals surface area contributed by atoms with Gasteiger partial charge in [0.1, 0.15) is 0 Å². The smallest absolute Gasteiger partial charge is 0.0233 e. The third-order valence-corrected chi connectivity index (χ3v) is 4.97. The first-order valence-electron chi connectivity index (χ1n) is 7.83. The Balaban J connectivity index is 1.62. The topological polar surface area (TPSA) is 29.3 Å². The van der Waals surface area contributed by atoms with E-state index >= 15 is 0 Å². The van der Waals surface area contributed by atoms with E-state index < -0.39 is 0 Å². The average molecular weight is 258 g/mol. The maximum absolute atomic E-state index is 6.14. The Kier molecular flexibility index (Phi) is 4.19. The molecule has 2 nitrogen and oxygen atoms in total. The number of benzene rings is 1. The highest BCUT2D eigenvalue weighted by molar-refractivity contribution is 5.14. The van der Waals surface area contributed by atoms with Crippen LogP contribution < -0.4 is 5.73 Å². The van der Waals surface area contributed by atoms with Gasteiger partial charge >= 0.3 is 0 Å². The second-order valence-corrected chi connectivity index (χ2v) is 6.46. The highest BCUT2D eigenvalue weighted by Gasteiger charge is 2.31. The van der Waals surface area contributed by atoms with E-state index in [-0.39, 0.29) is 0 Å². The number of hydrogen-bond acceptors (Lipinski definition) is 2. The largest absolute Gasteiger partial charge is 0.328 e. The standard InChI is InChI=1S/C17H26N2/c18-17-9-8-16-13-19(10-4-7-15(16)11-17)12-14-5-2-1-3-6-14/h1-3,5-6,15-17H,4,7-13,18H2. The molecule has 0 bridgehead atoms. The van der Waals surface area contributed by atoms with Gasteiger partial charge in [0.2, 0.25) is 0 Å². The summed E-state index contributed by atoms with van der Waals surface area (Å²) in [4.78, 5) is 2.66. The Morgan fingerprint density at radius 1 is 1.05 bits per heavy atom. The molecule has 1 aromatic carbocycles. The molecule has 1 saturated heterocycles. The summed E-state index contributed by atoms with van der Waals surface area (Å²) in [5.41, 5.74) is 7.59. The molecule has 1 heterocycles. The quantitative estimate of drug-likeness (QED) is 0.883. The summed E-state index contributed by atoms with van der Waals surface area (Å²) in [6.07, 6.45) is 6.59. The number of likely N-dealkylation sites (tertiary alicyclic amines) is 1. The van der Waals surface area contributed by atoms with Gasteiger partial charge in [0.25, 0.3) is 0 Å². The van der Waals surface area contributed by atoms with Crippen LogP contribution in [0.3, 0.4) is 0 Å². The van der Waals surface area contributed by atoms with Gasteiger partial charge < -0.3 is 5.73 Å². The van der Waals surface area contributed by atoms with Crippen molar-refractivity contribution in [2.24, 2.45) is 17.6 Å². The first-order chi connectivity index (χ1) is 9.31. The normalized spacial score (nSPS) is 32.6. The van der Waals surface area contributed by atoms with E-state index in [9.17, 15) is 0 Å². The third-order valence-electron chi connectivity index (χ3n) is 4.97. The van der Waals surface area contributed by atoms with Crippen molar-refractivity contribution in [1.82, 2.24) is 4.90 Å². The van der Waals surface area contributed by atoms with Gasteiger partial charge in [-0.05, 0) is 56.0 Å².